The van der Waals surface area contributed by atoms with E-state index in [0.29, 0.717) is 11.2 Å². The molecule has 0 spiro atoms. The SMILES string of the molecule is Fc1ccc(F)c(NC(=S)NC2CCCC2)c1. The number of halogens is 2. The molecule has 92 valence electrons. The lowest BCUT2D eigenvalue weighted by Gasteiger charge is -2.16. The first-order valence-corrected chi connectivity index (χ1v) is 6.08. The van der Waals surface area contributed by atoms with Crippen molar-refractivity contribution in [3.05, 3.63) is 29.8 Å². The summed E-state index contributed by atoms with van der Waals surface area (Å²) in [6.45, 7) is 0. The monoisotopic (exact) mass is 256 g/mol. The van der Waals surface area contributed by atoms with Crippen molar-refractivity contribution in [2.75, 3.05) is 5.32 Å². The molecular weight excluding hydrogens is 242 g/mol. The van der Waals surface area contributed by atoms with Gasteiger partial charge < -0.3 is 10.6 Å². The molecule has 1 aromatic carbocycles. The van der Waals surface area contributed by atoms with Crippen LogP contribution in [0.25, 0.3) is 0 Å². The molecule has 1 saturated carbocycles. The molecule has 1 aromatic rings. The zero-order chi connectivity index (χ0) is 12.3. The molecule has 2 nitrogen and oxygen atoms in total. The van der Waals surface area contributed by atoms with Crippen molar-refractivity contribution in [1.82, 2.24) is 5.32 Å². The smallest absolute Gasteiger partial charge is 0.171 e. The van der Waals surface area contributed by atoms with Crippen molar-refractivity contribution in [1.29, 1.82) is 0 Å². The van der Waals surface area contributed by atoms with E-state index in [4.69, 9.17) is 12.2 Å². The minimum Gasteiger partial charge on any atom is -0.360 e. The highest BCUT2D eigenvalue weighted by Crippen LogP contribution is 2.19. The maximum Gasteiger partial charge on any atom is 0.171 e. The van der Waals surface area contributed by atoms with E-state index >= 15 is 0 Å². The van der Waals surface area contributed by atoms with Crippen LogP contribution < -0.4 is 10.6 Å². The van der Waals surface area contributed by atoms with Crippen molar-refractivity contribution in [2.24, 2.45) is 0 Å². The highest BCUT2D eigenvalue weighted by Gasteiger charge is 2.16. The summed E-state index contributed by atoms with van der Waals surface area (Å²) in [4.78, 5) is 0. The summed E-state index contributed by atoms with van der Waals surface area (Å²) in [5, 5.41) is 6.14. The molecular formula is C12H14F2N2S. The zero-order valence-electron chi connectivity index (χ0n) is 9.30. The molecule has 5 heteroatoms. The minimum absolute atomic E-state index is 0.0699. The Labute approximate surface area is 104 Å². The summed E-state index contributed by atoms with van der Waals surface area (Å²) < 4.78 is 26.3. The second kappa shape index (κ2) is 5.40. The van der Waals surface area contributed by atoms with Crippen LogP contribution >= 0.6 is 12.2 Å². The standard InChI is InChI=1S/C12H14F2N2S/c13-8-5-6-10(14)11(7-8)16-12(17)15-9-3-1-2-4-9/h5-7,9H,1-4H2,(H2,15,16,17). The Kier molecular flexibility index (Phi) is 3.89. The van der Waals surface area contributed by atoms with E-state index in [1.165, 1.54) is 12.8 Å². The number of hydrogen-bond donors (Lipinski definition) is 2. The third-order valence-corrected chi connectivity index (χ3v) is 3.09. The molecule has 0 radical (unpaired) electrons. The fourth-order valence-corrected chi connectivity index (χ4v) is 2.28. The second-order valence-corrected chi connectivity index (χ2v) is 4.61. The molecule has 0 aliphatic heterocycles. The van der Waals surface area contributed by atoms with E-state index in [2.05, 4.69) is 10.6 Å². The lowest BCUT2D eigenvalue weighted by molar-refractivity contribution is 0.603. The number of thiocarbonyl (C=S) groups is 1. The van der Waals surface area contributed by atoms with Gasteiger partial charge in [0.05, 0.1) is 5.69 Å². The molecule has 0 heterocycles. The van der Waals surface area contributed by atoms with E-state index in [1.54, 1.807) is 0 Å². The predicted octanol–water partition coefficient (Wildman–Crippen LogP) is 3.19. The molecule has 1 fully saturated rings. The summed E-state index contributed by atoms with van der Waals surface area (Å²) in [7, 11) is 0. The van der Waals surface area contributed by atoms with Gasteiger partial charge >= 0.3 is 0 Å². The van der Waals surface area contributed by atoms with Crippen molar-refractivity contribution in [3.8, 4) is 0 Å². The Balaban J connectivity index is 1.95. The van der Waals surface area contributed by atoms with Gasteiger partial charge in [-0.1, -0.05) is 12.8 Å². The predicted molar refractivity (Wildman–Crippen MR) is 68.0 cm³/mol. The van der Waals surface area contributed by atoms with Gasteiger partial charge in [0, 0.05) is 12.1 Å². The highest BCUT2D eigenvalue weighted by molar-refractivity contribution is 7.80. The fourth-order valence-electron chi connectivity index (χ4n) is 2.01. The average molecular weight is 256 g/mol. The van der Waals surface area contributed by atoms with Crippen LogP contribution in [-0.4, -0.2) is 11.2 Å². The van der Waals surface area contributed by atoms with Crippen LogP contribution in [0.3, 0.4) is 0 Å². The zero-order valence-corrected chi connectivity index (χ0v) is 10.1. The molecule has 0 amide bonds. The first kappa shape index (κ1) is 12.2. The molecule has 1 aliphatic carbocycles. The van der Waals surface area contributed by atoms with Gasteiger partial charge in [-0.3, -0.25) is 0 Å². The van der Waals surface area contributed by atoms with Crippen LogP contribution in [0.5, 0.6) is 0 Å². The maximum atomic E-state index is 13.3. The van der Waals surface area contributed by atoms with Crippen LogP contribution in [0.2, 0.25) is 0 Å². The van der Waals surface area contributed by atoms with Crippen LogP contribution in [-0.2, 0) is 0 Å². The number of rotatable bonds is 2. The summed E-state index contributed by atoms with van der Waals surface area (Å²) in [5.41, 5.74) is 0.0699. The Morgan fingerprint density at radius 2 is 1.94 bits per heavy atom. The van der Waals surface area contributed by atoms with Crippen LogP contribution in [0, 0.1) is 11.6 Å². The number of anilines is 1. The number of hydrogen-bond acceptors (Lipinski definition) is 1. The molecule has 0 atom stereocenters. The second-order valence-electron chi connectivity index (χ2n) is 4.20. The van der Waals surface area contributed by atoms with Crippen molar-refractivity contribution in [2.45, 2.75) is 31.7 Å². The van der Waals surface area contributed by atoms with Gasteiger partial charge in [0.25, 0.3) is 0 Å². The first-order chi connectivity index (χ1) is 8.15. The molecule has 0 unspecified atom stereocenters. The van der Waals surface area contributed by atoms with E-state index in [-0.39, 0.29) is 5.69 Å². The Hall–Kier alpha value is -1.23. The van der Waals surface area contributed by atoms with Crippen molar-refractivity contribution < 1.29 is 8.78 Å². The third-order valence-electron chi connectivity index (χ3n) is 2.87. The molecule has 0 saturated heterocycles. The van der Waals surface area contributed by atoms with Gasteiger partial charge in [-0.05, 0) is 37.2 Å². The van der Waals surface area contributed by atoms with Gasteiger partial charge in [-0.2, -0.15) is 0 Å². The Morgan fingerprint density at radius 1 is 1.24 bits per heavy atom. The highest BCUT2D eigenvalue weighted by atomic mass is 32.1. The van der Waals surface area contributed by atoms with Crippen LogP contribution in [0.1, 0.15) is 25.7 Å². The van der Waals surface area contributed by atoms with Crippen LogP contribution in [0.15, 0.2) is 18.2 Å². The first-order valence-electron chi connectivity index (χ1n) is 5.68. The summed E-state index contributed by atoms with van der Waals surface area (Å²) >= 11 is 5.06. The molecule has 1 aliphatic rings. The summed E-state index contributed by atoms with van der Waals surface area (Å²) in [6.07, 6.45) is 4.53. The fraction of sp³-hybridized carbons (Fsp3) is 0.417. The van der Waals surface area contributed by atoms with Gasteiger partial charge in [0.2, 0.25) is 0 Å². The lowest BCUT2D eigenvalue weighted by atomic mass is 10.2. The third kappa shape index (κ3) is 3.36. The van der Waals surface area contributed by atoms with Gasteiger partial charge in [-0.15, -0.1) is 0 Å². The van der Waals surface area contributed by atoms with Gasteiger partial charge in [0.1, 0.15) is 11.6 Å². The Morgan fingerprint density at radius 3 is 2.65 bits per heavy atom. The molecule has 0 bridgehead atoms. The average Bonchev–Trinajstić information content (AvgIpc) is 2.76. The van der Waals surface area contributed by atoms with E-state index in [9.17, 15) is 8.78 Å². The maximum absolute atomic E-state index is 13.3. The lowest BCUT2D eigenvalue weighted by Crippen LogP contribution is -2.36. The van der Waals surface area contributed by atoms with E-state index in [1.807, 2.05) is 0 Å². The Bertz CT molecular complexity index is 417. The van der Waals surface area contributed by atoms with Crippen molar-refractivity contribution in [3.63, 3.8) is 0 Å². The van der Waals surface area contributed by atoms with E-state index < -0.39 is 11.6 Å². The summed E-state index contributed by atoms with van der Waals surface area (Å²) in [6, 6.07) is 3.61. The molecule has 2 N–H and O–H groups in total. The van der Waals surface area contributed by atoms with Gasteiger partial charge in [0.15, 0.2) is 5.11 Å². The number of benzene rings is 1. The molecule has 0 aromatic heterocycles. The summed E-state index contributed by atoms with van der Waals surface area (Å²) in [5.74, 6) is -1.00. The topological polar surface area (TPSA) is 24.1 Å². The molecule has 17 heavy (non-hydrogen) atoms. The van der Waals surface area contributed by atoms with Crippen LogP contribution in [0.4, 0.5) is 14.5 Å². The molecule has 2 rings (SSSR count). The minimum atomic E-state index is -0.512. The van der Waals surface area contributed by atoms with Gasteiger partial charge in [-0.25, -0.2) is 8.78 Å². The largest absolute Gasteiger partial charge is 0.360 e. The normalized spacial score (nSPS) is 15.9. The van der Waals surface area contributed by atoms with E-state index in [0.717, 1.165) is 31.0 Å². The van der Waals surface area contributed by atoms with Crippen molar-refractivity contribution >= 4 is 23.0 Å². The number of nitrogens with one attached hydrogen (secondary N) is 2. The quantitative estimate of drug-likeness (QED) is 0.795.